The number of fused-ring (bicyclic) bond motifs is 4. The van der Waals surface area contributed by atoms with Crippen molar-refractivity contribution in [1.29, 1.82) is 0 Å². The highest BCUT2D eigenvalue weighted by Crippen LogP contribution is 2.35. The zero-order valence-corrected chi connectivity index (χ0v) is 20.9. The SMILES string of the molecule is CCOc1ccc2ccccc2c1/C=N\NC(=O)[C@H](C)n1cnc2sc3c(c2c1=O)CC[C@@H](C)C3. The molecule has 1 N–H and O–H groups in total. The van der Waals surface area contributed by atoms with E-state index in [0.29, 0.717) is 23.7 Å². The molecular formula is C27H28N4O3S. The molecule has 2 aromatic carbocycles. The minimum atomic E-state index is -0.756. The van der Waals surface area contributed by atoms with E-state index in [-0.39, 0.29) is 11.5 Å². The number of carbonyl (C=O) groups excluding carboxylic acids is 1. The number of hydrazone groups is 1. The largest absolute Gasteiger partial charge is 0.493 e. The number of hydrogen-bond acceptors (Lipinski definition) is 6. The van der Waals surface area contributed by atoms with Crippen molar-refractivity contribution in [1.82, 2.24) is 15.0 Å². The Labute approximate surface area is 207 Å². The van der Waals surface area contributed by atoms with Gasteiger partial charge in [-0.05, 0) is 61.4 Å². The van der Waals surface area contributed by atoms with E-state index < -0.39 is 6.04 Å². The Kier molecular flexibility index (Phi) is 6.38. The zero-order valence-electron chi connectivity index (χ0n) is 20.1. The summed E-state index contributed by atoms with van der Waals surface area (Å²) in [6.45, 7) is 6.37. The Morgan fingerprint density at radius 2 is 2.17 bits per heavy atom. The predicted octanol–water partition coefficient (Wildman–Crippen LogP) is 4.85. The minimum absolute atomic E-state index is 0.165. The van der Waals surface area contributed by atoms with Gasteiger partial charge in [0.15, 0.2) is 0 Å². The second-order valence-corrected chi connectivity index (χ2v) is 10.1. The van der Waals surface area contributed by atoms with Crippen molar-refractivity contribution < 1.29 is 9.53 Å². The third-order valence-electron chi connectivity index (χ3n) is 6.64. The van der Waals surface area contributed by atoms with Crippen LogP contribution in [0.5, 0.6) is 5.75 Å². The van der Waals surface area contributed by atoms with E-state index in [2.05, 4.69) is 22.4 Å². The van der Waals surface area contributed by atoms with Crippen molar-refractivity contribution in [3.63, 3.8) is 0 Å². The molecule has 2 aromatic heterocycles. The van der Waals surface area contributed by atoms with E-state index in [1.54, 1.807) is 24.5 Å². The molecule has 2 heterocycles. The summed E-state index contributed by atoms with van der Waals surface area (Å²) in [6.07, 6.45) is 6.00. The summed E-state index contributed by atoms with van der Waals surface area (Å²) in [7, 11) is 0. The van der Waals surface area contributed by atoms with Crippen LogP contribution in [-0.4, -0.2) is 28.3 Å². The third kappa shape index (κ3) is 4.34. The number of aryl methyl sites for hydroxylation is 1. The number of benzene rings is 2. The van der Waals surface area contributed by atoms with Crippen molar-refractivity contribution in [3.05, 3.63) is 69.1 Å². The summed E-state index contributed by atoms with van der Waals surface area (Å²) in [6, 6.07) is 11.1. The Balaban J connectivity index is 1.40. The number of thiophene rings is 1. The first-order valence-corrected chi connectivity index (χ1v) is 12.8. The molecule has 0 fully saturated rings. The van der Waals surface area contributed by atoms with E-state index in [1.165, 1.54) is 15.8 Å². The Morgan fingerprint density at radius 3 is 3.00 bits per heavy atom. The quantitative estimate of drug-likeness (QED) is 0.311. The summed E-state index contributed by atoms with van der Waals surface area (Å²) >= 11 is 1.60. The summed E-state index contributed by atoms with van der Waals surface area (Å²) < 4.78 is 7.17. The van der Waals surface area contributed by atoms with Gasteiger partial charge < -0.3 is 4.74 Å². The average molecular weight is 489 g/mol. The van der Waals surface area contributed by atoms with Gasteiger partial charge in [-0.1, -0.05) is 37.3 Å². The van der Waals surface area contributed by atoms with Gasteiger partial charge in [-0.25, -0.2) is 10.4 Å². The smallest absolute Gasteiger partial charge is 0.263 e. The normalized spacial score (nSPS) is 16.5. The van der Waals surface area contributed by atoms with Gasteiger partial charge in [-0.3, -0.25) is 14.2 Å². The molecule has 0 unspecified atom stereocenters. The second-order valence-electron chi connectivity index (χ2n) is 9.03. The van der Waals surface area contributed by atoms with Crippen LogP contribution >= 0.6 is 11.3 Å². The highest BCUT2D eigenvalue weighted by atomic mass is 32.1. The number of hydrogen-bond donors (Lipinski definition) is 1. The highest BCUT2D eigenvalue weighted by molar-refractivity contribution is 7.18. The molecule has 8 heteroatoms. The van der Waals surface area contributed by atoms with Crippen LogP contribution in [0.4, 0.5) is 0 Å². The van der Waals surface area contributed by atoms with Crippen LogP contribution in [0.25, 0.3) is 21.0 Å². The number of ether oxygens (including phenoxy) is 1. The summed E-state index contributed by atoms with van der Waals surface area (Å²) in [4.78, 5) is 32.8. The van der Waals surface area contributed by atoms with Crippen molar-refractivity contribution in [2.24, 2.45) is 11.0 Å². The number of carbonyl (C=O) groups is 1. The van der Waals surface area contributed by atoms with Gasteiger partial charge in [0, 0.05) is 10.4 Å². The lowest BCUT2D eigenvalue weighted by Gasteiger charge is -2.18. The van der Waals surface area contributed by atoms with Crippen LogP contribution in [0.1, 0.15) is 49.2 Å². The van der Waals surface area contributed by atoms with E-state index in [0.717, 1.165) is 46.0 Å². The second kappa shape index (κ2) is 9.62. The van der Waals surface area contributed by atoms with Gasteiger partial charge in [0.2, 0.25) is 0 Å². The Bertz CT molecular complexity index is 1500. The molecule has 1 aliphatic carbocycles. The molecule has 0 saturated carbocycles. The fourth-order valence-corrected chi connectivity index (χ4v) is 6.03. The van der Waals surface area contributed by atoms with Crippen molar-refractivity contribution in [3.8, 4) is 5.75 Å². The summed E-state index contributed by atoms with van der Waals surface area (Å²) in [5, 5.41) is 6.90. The molecule has 7 nitrogen and oxygen atoms in total. The first kappa shape index (κ1) is 23.2. The monoisotopic (exact) mass is 488 g/mol. The van der Waals surface area contributed by atoms with E-state index in [9.17, 15) is 9.59 Å². The summed E-state index contributed by atoms with van der Waals surface area (Å²) in [5.41, 5.74) is 4.33. The number of nitrogens with one attached hydrogen (secondary N) is 1. The molecule has 0 spiro atoms. The van der Waals surface area contributed by atoms with Crippen LogP contribution in [0, 0.1) is 5.92 Å². The molecule has 0 aliphatic heterocycles. The maximum Gasteiger partial charge on any atom is 0.263 e. The Morgan fingerprint density at radius 1 is 1.34 bits per heavy atom. The van der Waals surface area contributed by atoms with Gasteiger partial charge >= 0.3 is 0 Å². The molecule has 0 radical (unpaired) electrons. The van der Waals surface area contributed by atoms with Crippen LogP contribution in [-0.2, 0) is 17.6 Å². The topological polar surface area (TPSA) is 85.6 Å². The maximum absolute atomic E-state index is 13.3. The van der Waals surface area contributed by atoms with Gasteiger partial charge in [0.05, 0.1) is 24.5 Å². The fraction of sp³-hybridized carbons (Fsp3) is 0.333. The van der Waals surface area contributed by atoms with Gasteiger partial charge in [0.1, 0.15) is 16.6 Å². The van der Waals surface area contributed by atoms with Crippen LogP contribution in [0.3, 0.4) is 0 Å². The molecule has 5 rings (SSSR count). The maximum atomic E-state index is 13.3. The lowest BCUT2D eigenvalue weighted by molar-refractivity contribution is -0.123. The van der Waals surface area contributed by atoms with Crippen LogP contribution in [0.2, 0.25) is 0 Å². The van der Waals surface area contributed by atoms with Crippen molar-refractivity contribution >= 4 is 44.4 Å². The zero-order chi connectivity index (χ0) is 24.5. The number of nitrogens with zero attached hydrogens (tertiary/aromatic N) is 3. The molecule has 35 heavy (non-hydrogen) atoms. The molecular weight excluding hydrogens is 460 g/mol. The Hall–Kier alpha value is -3.52. The fourth-order valence-electron chi connectivity index (χ4n) is 4.69. The van der Waals surface area contributed by atoms with Gasteiger partial charge in [0.25, 0.3) is 11.5 Å². The molecule has 1 aliphatic rings. The first-order valence-electron chi connectivity index (χ1n) is 12.0. The summed E-state index contributed by atoms with van der Waals surface area (Å²) in [5.74, 6) is 0.922. The van der Waals surface area contributed by atoms with Gasteiger partial charge in [-0.15, -0.1) is 11.3 Å². The number of amides is 1. The lowest BCUT2D eigenvalue weighted by atomic mass is 9.89. The molecule has 4 aromatic rings. The minimum Gasteiger partial charge on any atom is -0.493 e. The lowest BCUT2D eigenvalue weighted by Crippen LogP contribution is -2.34. The molecule has 180 valence electrons. The van der Waals surface area contributed by atoms with Gasteiger partial charge in [-0.2, -0.15) is 5.10 Å². The van der Waals surface area contributed by atoms with E-state index in [1.807, 2.05) is 43.3 Å². The average Bonchev–Trinajstić information content (AvgIpc) is 3.23. The van der Waals surface area contributed by atoms with E-state index in [4.69, 9.17) is 4.74 Å². The van der Waals surface area contributed by atoms with Crippen molar-refractivity contribution in [2.75, 3.05) is 6.61 Å². The van der Waals surface area contributed by atoms with E-state index >= 15 is 0 Å². The first-order chi connectivity index (χ1) is 17.0. The third-order valence-corrected chi connectivity index (χ3v) is 7.80. The molecule has 0 bridgehead atoms. The highest BCUT2D eigenvalue weighted by Gasteiger charge is 2.25. The van der Waals surface area contributed by atoms with Crippen molar-refractivity contribution in [2.45, 2.75) is 46.1 Å². The standard InChI is InChI=1S/C27H28N4O3S/c1-4-34-22-12-10-18-7-5-6-8-19(18)21(22)14-29-30-25(32)17(3)31-15-28-26-24(27(31)33)20-11-9-16(2)13-23(20)35-26/h5-8,10,12,14-17H,4,9,11,13H2,1-3H3,(H,30,32)/b29-14-/t16-,17+/m1/s1. The molecule has 1 amide bonds. The van der Waals surface area contributed by atoms with Crippen LogP contribution < -0.4 is 15.7 Å². The molecule has 0 saturated heterocycles. The van der Waals surface area contributed by atoms with Crippen LogP contribution in [0.15, 0.2) is 52.6 Å². The number of aromatic nitrogens is 2. The molecule has 2 atom stereocenters. The predicted molar refractivity (Wildman–Crippen MR) is 141 cm³/mol. The number of rotatable bonds is 6.